The van der Waals surface area contributed by atoms with Crippen molar-refractivity contribution < 1.29 is 28.4 Å². The van der Waals surface area contributed by atoms with Gasteiger partial charge in [-0.3, -0.25) is 0 Å². The van der Waals surface area contributed by atoms with Crippen LogP contribution in [0.3, 0.4) is 0 Å². The van der Waals surface area contributed by atoms with Gasteiger partial charge < -0.3 is 38.4 Å². The second-order valence-corrected chi connectivity index (χ2v) is 22.7. The standard InChI is InChI=1S/C74H53IN8O6/c75-52-31-32-53-54(33-52)68-76-67(53)77-69-55-34-61(84-40-46-19-7-1-8-20-46)62(85-41-47-21-9-2-10-22-47)35-56(55)71(79-69)81-73-59-38-65(88-44-50-27-15-5-16-28-50)66(89-45-51-29-17-6-18-30-51)39-60(59)74(83-73)82-72-58-37-64(87-43-49-25-13-4-14-26-49)63(36-57(58)70(78-68)80-72)86-42-48-23-11-3-12-24-48/h1-39H,40-45H2,(H2,76,77,78,79,80,81,82,83). The number of nitrogens with zero attached hydrogens (tertiary/aromatic N) is 6. The molecule has 0 saturated carbocycles. The van der Waals surface area contributed by atoms with Crippen molar-refractivity contribution in [1.82, 2.24) is 39.9 Å². The van der Waals surface area contributed by atoms with E-state index in [1.54, 1.807) is 0 Å². The largest absolute Gasteiger partial charge is 0.485 e. The molecule has 0 atom stereocenters. The quantitative estimate of drug-likeness (QED) is 0.0783. The molecular formula is C74H53IN8O6. The number of halogens is 1. The van der Waals surface area contributed by atoms with E-state index in [2.05, 4.69) is 38.6 Å². The highest BCUT2D eigenvalue weighted by atomic mass is 127. The predicted molar refractivity (Wildman–Crippen MR) is 353 cm³/mol. The van der Waals surface area contributed by atoms with E-state index in [9.17, 15) is 0 Å². The van der Waals surface area contributed by atoms with Gasteiger partial charge in [0.1, 0.15) is 62.2 Å². The first-order valence-corrected chi connectivity index (χ1v) is 30.2. The summed E-state index contributed by atoms with van der Waals surface area (Å²) in [6.07, 6.45) is 0. The van der Waals surface area contributed by atoms with Gasteiger partial charge in [-0.1, -0.05) is 182 Å². The summed E-state index contributed by atoms with van der Waals surface area (Å²) < 4.78 is 41.3. The van der Waals surface area contributed by atoms with Crippen LogP contribution < -0.4 is 28.4 Å². The van der Waals surface area contributed by atoms with Crippen LogP contribution in [0, 0.1) is 3.57 Å². The van der Waals surface area contributed by atoms with Gasteiger partial charge in [-0.25, -0.2) is 29.9 Å². The Morgan fingerprint density at radius 3 is 0.753 bits per heavy atom. The SMILES string of the molecule is Ic1ccc2c(c1)-c1nc-2nc2[nH]c(nc3nc(nc4[nH]c(n1)c1cc(OCc5ccccc5)c(OCc5ccccc5)cc41)-c1cc(OCc4ccccc4)c(OCc4ccccc4)cc1-3)c1cc(OCc3ccccc3)c(OCc3ccccc3)cc21. The van der Waals surface area contributed by atoms with Crippen LogP contribution in [0.2, 0.25) is 0 Å². The highest BCUT2D eigenvalue weighted by Gasteiger charge is 2.27. The average molecular weight is 1280 g/mol. The number of benzene rings is 10. The minimum atomic E-state index is 0.274. The third-order valence-corrected chi connectivity index (χ3v) is 16.1. The molecular weight excluding hydrogens is 1220 g/mol. The van der Waals surface area contributed by atoms with Crippen LogP contribution in [-0.2, 0) is 39.6 Å². The fraction of sp³-hybridized carbons (Fsp3) is 0.0811. The molecule has 3 aromatic heterocycles. The average Bonchev–Trinajstić information content (AvgIpc) is 1.80. The van der Waals surface area contributed by atoms with Crippen molar-refractivity contribution in [2.24, 2.45) is 0 Å². The molecule has 432 valence electrons. The molecule has 89 heavy (non-hydrogen) atoms. The normalized spacial score (nSPS) is 11.5. The van der Waals surface area contributed by atoms with Crippen molar-refractivity contribution >= 4 is 66.7 Å². The molecule has 2 aliphatic rings. The van der Waals surface area contributed by atoms with E-state index in [0.29, 0.717) is 126 Å². The summed E-state index contributed by atoms with van der Waals surface area (Å²) in [6, 6.07) is 78.2. The number of aromatic amines is 2. The lowest BCUT2D eigenvalue weighted by molar-refractivity contribution is 0.256. The minimum Gasteiger partial charge on any atom is -0.485 e. The van der Waals surface area contributed by atoms with Gasteiger partial charge in [0, 0.05) is 47.4 Å². The maximum Gasteiger partial charge on any atom is 0.164 e. The number of fused-ring (bicyclic) bond motifs is 20. The van der Waals surface area contributed by atoms with Crippen LogP contribution in [0.1, 0.15) is 33.4 Å². The molecule has 0 amide bonds. The zero-order valence-corrected chi connectivity index (χ0v) is 49.9. The highest BCUT2D eigenvalue weighted by molar-refractivity contribution is 14.1. The molecule has 2 aliphatic heterocycles. The topological polar surface area (TPSA) is 164 Å². The molecule has 15 rings (SSSR count). The van der Waals surface area contributed by atoms with Crippen molar-refractivity contribution in [3.8, 4) is 80.0 Å². The van der Waals surface area contributed by atoms with Crippen molar-refractivity contribution in [3.63, 3.8) is 0 Å². The molecule has 14 nitrogen and oxygen atoms in total. The van der Waals surface area contributed by atoms with Crippen molar-refractivity contribution in [2.45, 2.75) is 39.6 Å². The summed E-state index contributed by atoms with van der Waals surface area (Å²) >= 11 is 2.33. The van der Waals surface area contributed by atoms with E-state index in [4.69, 9.17) is 58.3 Å². The first kappa shape index (κ1) is 54.7. The Morgan fingerprint density at radius 2 is 0.483 bits per heavy atom. The van der Waals surface area contributed by atoms with E-state index in [-0.39, 0.29) is 26.4 Å². The van der Waals surface area contributed by atoms with Gasteiger partial charge in [0.2, 0.25) is 0 Å². The van der Waals surface area contributed by atoms with Gasteiger partial charge in [0.05, 0.1) is 0 Å². The van der Waals surface area contributed by atoms with E-state index >= 15 is 0 Å². The number of rotatable bonds is 18. The first-order valence-electron chi connectivity index (χ1n) is 29.1. The molecule has 13 aromatic rings. The molecule has 15 heteroatoms. The lowest BCUT2D eigenvalue weighted by Crippen LogP contribution is -2.01. The number of H-pyrrole nitrogens is 2. The molecule has 0 aliphatic carbocycles. The zero-order chi connectivity index (χ0) is 59.5. The Hall–Kier alpha value is -10.9. The molecule has 8 bridgehead atoms. The smallest absolute Gasteiger partial charge is 0.164 e. The van der Waals surface area contributed by atoms with Crippen molar-refractivity contribution in [1.29, 1.82) is 0 Å². The summed E-state index contributed by atoms with van der Waals surface area (Å²) in [5.74, 6) is 4.66. The Kier molecular flexibility index (Phi) is 15.0. The minimum absolute atomic E-state index is 0.274. The lowest BCUT2D eigenvalue weighted by Gasteiger charge is -2.15. The molecule has 0 spiro atoms. The Labute approximate surface area is 525 Å². The van der Waals surface area contributed by atoms with Crippen LogP contribution in [0.5, 0.6) is 34.5 Å². The summed E-state index contributed by atoms with van der Waals surface area (Å²) in [6.45, 7) is 1.70. The molecule has 0 fully saturated rings. The molecule has 0 unspecified atom stereocenters. The Balaban J connectivity index is 0.996. The van der Waals surface area contributed by atoms with Crippen LogP contribution >= 0.6 is 22.6 Å². The fourth-order valence-electron chi connectivity index (χ4n) is 10.9. The maximum atomic E-state index is 6.74. The van der Waals surface area contributed by atoms with Crippen molar-refractivity contribution in [3.05, 3.63) is 274 Å². The number of ether oxygens (including phenoxy) is 6. The third kappa shape index (κ3) is 11.8. The molecule has 0 saturated heterocycles. The monoisotopic (exact) mass is 1280 g/mol. The van der Waals surface area contributed by atoms with E-state index < -0.39 is 0 Å². The van der Waals surface area contributed by atoms with Crippen LogP contribution in [0.15, 0.2) is 237 Å². The second-order valence-electron chi connectivity index (χ2n) is 21.5. The number of hydrogen-bond donors (Lipinski definition) is 2. The van der Waals surface area contributed by atoms with Gasteiger partial charge in [0.25, 0.3) is 0 Å². The Bertz CT molecular complexity index is 4930. The molecule has 5 heterocycles. The summed E-state index contributed by atoms with van der Waals surface area (Å²) in [5.41, 5.74) is 10.7. The van der Waals surface area contributed by atoms with E-state index in [1.807, 2.05) is 231 Å². The zero-order valence-electron chi connectivity index (χ0n) is 47.8. The van der Waals surface area contributed by atoms with Gasteiger partial charge in [-0.15, -0.1) is 0 Å². The van der Waals surface area contributed by atoms with Crippen molar-refractivity contribution in [2.75, 3.05) is 0 Å². The van der Waals surface area contributed by atoms with E-state index in [0.717, 1.165) is 48.1 Å². The summed E-state index contributed by atoms with van der Waals surface area (Å²) in [4.78, 5) is 39.7. The fourth-order valence-corrected chi connectivity index (χ4v) is 11.4. The van der Waals surface area contributed by atoms with Gasteiger partial charge in [-0.05, 0) is 111 Å². The number of hydrogen-bond acceptors (Lipinski definition) is 12. The highest BCUT2D eigenvalue weighted by Crippen LogP contribution is 2.45. The summed E-state index contributed by atoms with van der Waals surface area (Å²) in [7, 11) is 0. The Morgan fingerprint density at radius 1 is 0.247 bits per heavy atom. The summed E-state index contributed by atoms with van der Waals surface area (Å²) in [5, 5.41) is 2.81. The maximum absolute atomic E-state index is 6.74. The van der Waals surface area contributed by atoms with Gasteiger partial charge in [-0.2, -0.15) is 0 Å². The third-order valence-electron chi connectivity index (χ3n) is 15.4. The van der Waals surface area contributed by atoms with Gasteiger partial charge in [0.15, 0.2) is 57.8 Å². The second kappa shape index (κ2) is 24.5. The van der Waals surface area contributed by atoms with E-state index in [1.165, 1.54) is 0 Å². The molecule has 10 aromatic carbocycles. The van der Waals surface area contributed by atoms with Crippen LogP contribution in [0.4, 0.5) is 0 Å². The molecule has 0 radical (unpaired) electrons. The number of nitrogens with one attached hydrogen (secondary N) is 2. The van der Waals surface area contributed by atoms with Gasteiger partial charge >= 0.3 is 0 Å². The number of aromatic nitrogens is 8. The van der Waals surface area contributed by atoms with Crippen LogP contribution in [0.25, 0.3) is 89.7 Å². The first-order chi connectivity index (χ1) is 43.9. The predicted octanol–water partition coefficient (Wildman–Crippen LogP) is 16.9. The molecule has 2 N–H and O–H groups in total. The van der Waals surface area contributed by atoms with Crippen LogP contribution in [-0.4, -0.2) is 39.9 Å². The lowest BCUT2D eigenvalue weighted by atomic mass is 10.1.